The minimum atomic E-state index is -3.76. The molecule has 3 rings (SSSR count). The van der Waals surface area contributed by atoms with Crippen molar-refractivity contribution in [2.45, 2.75) is 30.3 Å². The van der Waals surface area contributed by atoms with Gasteiger partial charge >= 0.3 is 0 Å². The average molecular weight is 363 g/mol. The Morgan fingerprint density at radius 2 is 2.12 bits per heavy atom. The van der Waals surface area contributed by atoms with Crippen LogP contribution in [0.5, 0.6) is 0 Å². The monoisotopic (exact) mass is 363 g/mol. The number of hydrogen-bond acceptors (Lipinski definition) is 4. The van der Waals surface area contributed by atoms with Crippen LogP contribution < -0.4 is 4.72 Å². The van der Waals surface area contributed by atoms with Crippen LogP contribution in [0.1, 0.15) is 28.8 Å². The molecule has 0 saturated heterocycles. The lowest BCUT2D eigenvalue weighted by Crippen LogP contribution is -2.33. The standard InChI is InChI=1S/C17H18FN3O3S/c1-19-25(23,24)14-6-7-16(18)15(9-14)17(22)21(13-4-5-13)11-12-3-2-8-20-10-12/h2-3,6-10,13,19H,4-5,11H2,1H3. The lowest BCUT2D eigenvalue weighted by Gasteiger charge is -2.23. The fourth-order valence-corrected chi connectivity index (χ4v) is 3.31. The molecule has 1 N–H and O–H groups in total. The molecule has 0 aliphatic heterocycles. The van der Waals surface area contributed by atoms with E-state index in [4.69, 9.17) is 0 Å². The molecule has 6 nitrogen and oxygen atoms in total. The lowest BCUT2D eigenvalue weighted by molar-refractivity contribution is 0.0724. The lowest BCUT2D eigenvalue weighted by atomic mass is 10.1. The fraction of sp³-hybridized carbons (Fsp3) is 0.294. The van der Waals surface area contributed by atoms with E-state index in [0.29, 0.717) is 6.54 Å². The van der Waals surface area contributed by atoms with Gasteiger partial charge in [0.2, 0.25) is 10.0 Å². The van der Waals surface area contributed by atoms with Gasteiger partial charge in [-0.25, -0.2) is 17.5 Å². The maximum Gasteiger partial charge on any atom is 0.257 e. The predicted molar refractivity (Wildman–Crippen MR) is 89.8 cm³/mol. The van der Waals surface area contributed by atoms with Crippen LogP contribution in [0.2, 0.25) is 0 Å². The molecule has 1 heterocycles. The highest BCUT2D eigenvalue weighted by atomic mass is 32.2. The number of hydrogen-bond donors (Lipinski definition) is 1. The molecule has 25 heavy (non-hydrogen) atoms. The van der Waals surface area contributed by atoms with Gasteiger partial charge in [-0.15, -0.1) is 0 Å². The Hall–Kier alpha value is -2.32. The van der Waals surface area contributed by atoms with Crippen LogP contribution in [0.3, 0.4) is 0 Å². The van der Waals surface area contributed by atoms with Crippen molar-refractivity contribution in [1.29, 1.82) is 0 Å². The van der Waals surface area contributed by atoms with Gasteiger partial charge in [-0.1, -0.05) is 6.07 Å². The van der Waals surface area contributed by atoms with E-state index in [2.05, 4.69) is 9.71 Å². The highest BCUT2D eigenvalue weighted by Gasteiger charge is 2.34. The van der Waals surface area contributed by atoms with Gasteiger partial charge in [0.15, 0.2) is 0 Å². The van der Waals surface area contributed by atoms with Gasteiger partial charge in [0.25, 0.3) is 5.91 Å². The highest BCUT2D eigenvalue weighted by Crippen LogP contribution is 2.30. The molecule has 0 atom stereocenters. The maximum absolute atomic E-state index is 14.2. The summed E-state index contributed by atoms with van der Waals surface area (Å²) in [5.41, 5.74) is 0.592. The Kier molecular flexibility index (Phi) is 4.82. The van der Waals surface area contributed by atoms with Crippen LogP contribution in [0.25, 0.3) is 0 Å². The smallest absolute Gasteiger partial charge is 0.257 e. The molecular weight excluding hydrogens is 345 g/mol. The second-order valence-corrected chi connectivity index (χ2v) is 7.76. The van der Waals surface area contributed by atoms with Crippen molar-refractivity contribution in [3.05, 3.63) is 59.7 Å². The number of benzene rings is 1. The van der Waals surface area contributed by atoms with E-state index >= 15 is 0 Å². The molecule has 0 spiro atoms. The van der Waals surface area contributed by atoms with E-state index in [1.54, 1.807) is 23.4 Å². The second-order valence-electron chi connectivity index (χ2n) is 5.87. The Morgan fingerprint density at radius 3 is 2.72 bits per heavy atom. The largest absolute Gasteiger partial charge is 0.331 e. The molecule has 0 radical (unpaired) electrons. The summed E-state index contributed by atoms with van der Waals surface area (Å²) in [6.07, 6.45) is 4.99. The summed E-state index contributed by atoms with van der Waals surface area (Å²) in [6, 6.07) is 6.88. The average Bonchev–Trinajstić information content (AvgIpc) is 3.45. The van der Waals surface area contributed by atoms with Crippen molar-refractivity contribution in [3.8, 4) is 0 Å². The number of pyridine rings is 1. The summed E-state index contributed by atoms with van der Waals surface area (Å²) < 4.78 is 40.2. The zero-order chi connectivity index (χ0) is 18.0. The topological polar surface area (TPSA) is 79.4 Å². The Balaban J connectivity index is 1.93. The first-order valence-electron chi connectivity index (χ1n) is 7.85. The Bertz CT molecular complexity index is 883. The molecular formula is C17H18FN3O3S. The molecule has 1 aromatic heterocycles. The molecule has 0 unspecified atom stereocenters. The summed E-state index contributed by atoms with van der Waals surface area (Å²) in [7, 11) is -2.49. The van der Waals surface area contributed by atoms with E-state index < -0.39 is 21.7 Å². The van der Waals surface area contributed by atoms with Gasteiger partial charge in [-0.05, 0) is 49.7 Å². The number of carbonyl (C=O) groups is 1. The number of nitrogens with zero attached hydrogens (tertiary/aromatic N) is 2. The number of nitrogens with one attached hydrogen (secondary N) is 1. The van der Waals surface area contributed by atoms with Crippen LogP contribution in [0, 0.1) is 5.82 Å². The summed E-state index contributed by atoms with van der Waals surface area (Å²) in [5.74, 6) is -1.26. The Morgan fingerprint density at radius 1 is 1.36 bits per heavy atom. The third-order valence-electron chi connectivity index (χ3n) is 4.07. The van der Waals surface area contributed by atoms with E-state index in [0.717, 1.165) is 36.6 Å². The van der Waals surface area contributed by atoms with Crippen molar-refractivity contribution < 1.29 is 17.6 Å². The minimum absolute atomic E-state index is 0.0386. The minimum Gasteiger partial charge on any atom is -0.331 e. The van der Waals surface area contributed by atoms with Crippen molar-refractivity contribution >= 4 is 15.9 Å². The number of rotatable bonds is 6. The van der Waals surface area contributed by atoms with Crippen molar-refractivity contribution in [2.24, 2.45) is 0 Å². The van der Waals surface area contributed by atoms with Gasteiger partial charge in [0.05, 0.1) is 10.5 Å². The number of carbonyl (C=O) groups excluding carboxylic acids is 1. The summed E-state index contributed by atoms with van der Waals surface area (Å²) in [4.78, 5) is 18.3. The summed E-state index contributed by atoms with van der Waals surface area (Å²) >= 11 is 0. The summed E-state index contributed by atoms with van der Waals surface area (Å²) in [5, 5.41) is 0. The first kappa shape index (κ1) is 17.5. The Labute approximate surface area is 145 Å². The van der Waals surface area contributed by atoms with Crippen LogP contribution in [-0.4, -0.2) is 37.3 Å². The normalized spacial score (nSPS) is 14.3. The van der Waals surface area contributed by atoms with Crippen LogP contribution in [-0.2, 0) is 16.6 Å². The third kappa shape index (κ3) is 3.85. The highest BCUT2D eigenvalue weighted by molar-refractivity contribution is 7.89. The number of sulfonamides is 1. The molecule has 2 aromatic rings. The van der Waals surface area contributed by atoms with Crippen molar-refractivity contribution in [1.82, 2.24) is 14.6 Å². The zero-order valence-electron chi connectivity index (χ0n) is 13.6. The van der Waals surface area contributed by atoms with E-state index in [1.807, 2.05) is 6.07 Å². The zero-order valence-corrected chi connectivity index (χ0v) is 14.5. The van der Waals surface area contributed by atoms with Gasteiger partial charge < -0.3 is 4.90 Å². The van der Waals surface area contributed by atoms with E-state index in [-0.39, 0.29) is 16.5 Å². The molecule has 1 aliphatic rings. The van der Waals surface area contributed by atoms with Crippen LogP contribution >= 0.6 is 0 Å². The molecule has 0 bridgehead atoms. The molecule has 1 fully saturated rings. The van der Waals surface area contributed by atoms with Crippen molar-refractivity contribution in [2.75, 3.05) is 7.05 Å². The first-order valence-corrected chi connectivity index (χ1v) is 9.33. The second kappa shape index (κ2) is 6.89. The third-order valence-corrected chi connectivity index (χ3v) is 5.48. The summed E-state index contributed by atoms with van der Waals surface area (Å²) in [6.45, 7) is 0.305. The fourth-order valence-electron chi connectivity index (χ4n) is 2.55. The molecule has 1 saturated carbocycles. The molecule has 132 valence electrons. The number of aromatic nitrogens is 1. The molecule has 1 aliphatic carbocycles. The maximum atomic E-state index is 14.2. The number of amides is 1. The molecule has 1 amide bonds. The predicted octanol–water partition coefficient (Wildman–Crippen LogP) is 1.93. The number of halogens is 1. The molecule has 8 heteroatoms. The van der Waals surface area contributed by atoms with Crippen molar-refractivity contribution in [3.63, 3.8) is 0 Å². The van der Waals surface area contributed by atoms with Gasteiger partial charge in [-0.2, -0.15) is 0 Å². The van der Waals surface area contributed by atoms with Gasteiger partial charge in [-0.3, -0.25) is 9.78 Å². The van der Waals surface area contributed by atoms with Gasteiger partial charge in [0, 0.05) is 25.0 Å². The quantitative estimate of drug-likeness (QED) is 0.851. The van der Waals surface area contributed by atoms with Gasteiger partial charge in [0.1, 0.15) is 5.82 Å². The van der Waals surface area contributed by atoms with Crippen LogP contribution in [0.15, 0.2) is 47.6 Å². The van der Waals surface area contributed by atoms with E-state index in [9.17, 15) is 17.6 Å². The first-order chi connectivity index (χ1) is 11.9. The SMILES string of the molecule is CNS(=O)(=O)c1ccc(F)c(C(=O)N(Cc2cccnc2)C2CC2)c1. The molecule has 1 aromatic carbocycles. The van der Waals surface area contributed by atoms with Crippen LogP contribution in [0.4, 0.5) is 4.39 Å². The van der Waals surface area contributed by atoms with E-state index in [1.165, 1.54) is 7.05 Å².